The number of carboxylic acid groups (broad SMARTS) is 1. The van der Waals surface area contributed by atoms with E-state index in [4.69, 9.17) is 10.4 Å². The lowest BCUT2D eigenvalue weighted by molar-refractivity contribution is 0.0697. The van der Waals surface area contributed by atoms with Crippen molar-refractivity contribution in [2.75, 3.05) is 5.32 Å². The highest BCUT2D eigenvalue weighted by Gasteiger charge is 2.19. The minimum absolute atomic E-state index is 0.322. The Kier molecular flexibility index (Phi) is 4.29. The van der Waals surface area contributed by atoms with E-state index in [0.29, 0.717) is 12.1 Å². The Morgan fingerprint density at radius 3 is 2.57 bits per heavy atom. The van der Waals surface area contributed by atoms with Crippen LogP contribution in [0.4, 0.5) is 5.69 Å². The van der Waals surface area contributed by atoms with E-state index in [2.05, 4.69) is 11.4 Å². The summed E-state index contributed by atoms with van der Waals surface area (Å²) >= 11 is 1.42. The molecule has 108 valence electrons. The Balaban J connectivity index is 2.01. The minimum Gasteiger partial charge on any atom is -0.478 e. The van der Waals surface area contributed by atoms with Gasteiger partial charge in [-0.1, -0.05) is 12.1 Å². The van der Waals surface area contributed by atoms with Gasteiger partial charge in [-0.3, -0.25) is 0 Å². The first-order valence-electron chi connectivity index (χ1n) is 6.49. The molecule has 1 heterocycles. The van der Waals surface area contributed by atoms with Gasteiger partial charge >= 0.3 is 5.97 Å². The first-order chi connectivity index (χ1) is 9.92. The highest BCUT2D eigenvalue weighted by molar-refractivity contribution is 7.10. The van der Waals surface area contributed by atoms with Gasteiger partial charge in [0.05, 0.1) is 17.0 Å². The summed E-state index contributed by atoms with van der Waals surface area (Å²) in [4.78, 5) is 11.8. The van der Waals surface area contributed by atoms with Crippen molar-refractivity contribution in [3.63, 3.8) is 0 Å². The van der Waals surface area contributed by atoms with E-state index >= 15 is 0 Å². The standard InChI is InChI=1S/C16H16N2O2S/c1-16(2,10-17)12-3-5-13(6-4-12)18-8-14-7-11(9-21-14)15(19)20/h3-7,9,18H,8H2,1-2H3,(H,19,20). The highest BCUT2D eigenvalue weighted by atomic mass is 32.1. The van der Waals surface area contributed by atoms with Crippen molar-refractivity contribution in [2.24, 2.45) is 0 Å². The van der Waals surface area contributed by atoms with Crippen LogP contribution in [-0.2, 0) is 12.0 Å². The number of carbonyl (C=O) groups is 1. The van der Waals surface area contributed by atoms with Crippen LogP contribution in [0.3, 0.4) is 0 Å². The van der Waals surface area contributed by atoms with Crippen LogP contribution in [0.2, 0.25) is 0 Å². The zero-order valence-corrected chi connectivity index (χ0v) is 12.7. The maximum absolute atomic E-state index is 10.8. The fourth-order valence-corrected chi connectivity index (χ4v) is 2.64. The second-order valence-electron chi connectivity index (χ2n) is 5.27. The smallest absolute Gasteiger partial charge is 0.336 e. The van der Waals surface area contributed by atoms with Crippen molar-refractivity contribution in [1.29, 1.82) is 5.26 Å². The number of hydrogen-bond acceptors (Lipinski definition) is 4. The minimum atomic E-state index is -0.902. The third-order valence-electron chi connectivity index (χ3n) is 3.25. The average Bonchev–Trinajstić information content (AvgIpc) is 2.95. The quantitative estimate of drug-likeness (QED) is 0.879. The number of nitriles is 1. The molecule has 0 amide bonds. The molecule has 0 fully saturated rings. The van der Waals surface area contributed by atoms with Gasteiger partial charge in [0, 0.05) is 22.5 Å². The van der Waals surface area contributed by atoms with E-state index in [0.717, 1.165) is 16.1 Å². The van der Waals surface area contributed by atoms with Gasteiger partial charge in [0.2, 0.25) is 0 Å². The first-order valence-corrected chi connectivity index (χ1v) is 7.37. The third-order valence-corrected chi connectivity index (χ3v) is 4.19. The maximum Gasteiger partial charge on any atom is 0.336 e. The first kappa shape index (κ1) is 15.1. The fraction of sp³-hybridized carbons (Fsp3) is 0.250. The molecule has 1 aromatic carbocycles. The Morgan fingerprint density at radius 1 is 1.38 bits per heavy atom. The fourth-order valence-electron chi connectivity index (χ4n) is 1.84. The Bertz CT molecular complexity index is 681. The molecular weight excluding hydrogens is 284 g/mol. The predicted octanol–water partition coefficient (Wildman–Crippen LogP) is 3.86. The molecule has 0 aliphatic carbocycles. The molecule has 2 aromatic rings. The summed E-state index contributed by atoms with van der Waals surface area (Å²) in [6.07, 6.45) is 0. The predicted molar refractivity (Wildman–Crippen MR) is 83.7 cm³/mol. The van der Waals surface area contributed by atoms with Gasteiger partial charge in [-0.2, -0.15) is 5.26 Å². The van der Waals surface area contributed by atoms with Crippen molar-refractivity contribution in [3.05, 3.63) is 51.7 Å². The molecule has 1 aromatic heterocycles. The lowest BCUT2D eigenvalue weighted by Gasteiger charge is -2.16. The van der Waals surface area contributed by atoms with Gasteiger partial charge < -0.3 is 10.4 Å². The summed E-state index contributed by atoms with van der Waals surface area (Å²) in [7, 11) is 0. The SMILES string of the molecule is CC(C)(C#N)c1ccc(NCc2cc(C(=O)O)cs2)cc1. The van der Waals surface area contributed by atoms with E-state index in [1.165, 1.54) is 11.3 Å². The number of anilines is 1. The number of nitrogens with one attached hydrogen (secondary N) is 1. The molecule has 0 bridgehead atoms. The summed E-state index contributed by atoms with van der Waals surface area (Å²) in [6, 6.07) is 11.7. The number of benzene rings is 1. The monoisotopic (exact) mass is 300 g/mol. The molecule has 0 aliphatic heterocycles. The van der Waals surface area contributed by atoms with E-state index in [1.54, 1.807) is 11.4 Å². The summed E-state index contributed by atoms with van der Waals surface area (Å²) in [6.45, 7) is 4.35. The van der Waals surface area contributed by atoms with Crippen LogP contribution in [0.1, 0.15) is 34.6 Å². The van der Waals surface area contributed by atoms with E-state index < -0.39 is 11.4 Å². The molecule has 2 rings (SSSR count). The van der Waals surface area contributed by atoms with Gasteiger partial charge in [-0.15, -0.1) is 11.3 Å². The van der Waals surface area contributed by atoms with Crippen molar-refractivity contribution in [2.45, 2.75) is 25.8 Å². The Morgan fingerprint density at radius 2 is 2.05 bits per heavy atom. The normalized spacial score (nSPS) is 10.9. The lowest BCUT2D eigenvalue weighted by Crippen LogP contribution is -2.13. The third kappa shape index (κ3) is 3.61. The molecule has 0 saturated carbocycles. The lowest BCUT2D eigenvalue weighted by atomic mass is 9.86. The maximum atomic E-state index is 10.8. The summed E-state index contributed by atoms with van der Waals surface area (Å²) in [5, 5.41) is 22.9. The number of hydrogen-bond donors (Lipinski definition) is 2. The van der Waals surface area contributed by atoms with Crippen LogP contribution in [-0.4, -0.2) is 11.1 Å². The van der Waals surface area contributed by atoms with Gasteiger partial charge in [0.1, 0.15) is 0 Å². The van der Waals surface area contributed by atoms with Gasteiger partial charge in [0.15, 0.2) is 0 Å². The largest absolute Gasteiger partial charge is 0.478 e. The zero-order chi connectivity index (χ0) is 15.5. The van der Waals surface area contributed by atoms with Crippen LogP contribution in [0.25, 0.3) is 0 Å². The van der Waals surface area contributed by atoms with Crippen LogP contribution in [0, 0.1) is 11.3 Å². The molecule has 0 spiro atoms. The van der Waals surface area contributed by atoms with Crippen LogP contribution >= 0.6 is 11.3 Å². The number of rotatable bonds is 5. The molecule has 5 heteroatoms. The van der Waals surface area contributed by atoms with Crippen LogP contribution in [0.5, 0.6) is 0 Å². The van der Waals surface area contributed by atoms with Crippen molar-refractivity contribution >= 4 is 23.0 Å². The number of carboxylic acids is 1. The molecule has 0 unspecified atom stereocenters. The molecule has 4 nitrogen and oxygen atoms in total. The zero-order valence-electron chi connectivity index (χ0n) is 11.9. The number of nitrogens with zero attached hydrogens (tertiary/aromatic N) is 1. The molecular formula is C16H16N2O2S. The van der Waals surface area contributed by atoms with Crippen molar-refractivity contribution in [3.8, 4) is 6.07 Å². The Labute approximate surface area is 127 Å². The van der Waals surface area contributed by atoms with Gasteiger partial charge in [-0.25, -0.2) is 4.79 Å². The second kappa shape index (κ2) is 5.98. The van der Waals surface area contributed by atoms with Crippen molar-refractivity contribution < 1.29 is 9.90 Å². The summed E-state index contributed by atoms with van der Waals surface area (Å²) < 4.78 is 0. The average molecular weight is 300 g/mol. The van der Waals surface area contributed by atoms with Gasteiger partial charge in [-0.05, 0) is 37.6 Å². The van der Waals surface area contributed by atoms with Crippen molar-refractivity contribution in [1.82, 2.24) is 0 Å². The second-order valence-corrected chi connectivity index (χ2v) is 6.27. The molecule has 0 saturated heterocycles. The molecule has 0 atom stereocenters. The number of aromatic carboxylic acids is 1. The highest BCUT2D eigenvalue weighted by Crippen LogP contribution is 2.24. The molecule has 0 aliphatic rings. The van der Waals surface area contributed by atoms with Gasteiger partial charge in [0.25, 0.3) is 0 Å². The van der Waals surface area contributed by atoms with Crippen LogP contribution < -0.4 is 5.32 Å². The van der Waals surface area contributed by atoms with E-state index in [-0.39, 0.29) is 0 Å². The molecule has 0 radical (unpaired) electrons. The molecule has 21 heavy (non-hydrogen) atoms. The number of thiophene rings is 1. The molecule has 2 N–H and O–H groups in total. The summed E-state index contributed by atoms with van der Waals surface area (Å²) in [5.74, 6) is -0.902. The Hall–Kier alpha value is -2.32. The van der Waals surface area contributed by atoms with E-state index in [9.17, 15) is 4.79 Å². The summed E-state index contributed by atoms with van der Waals surface area (Å²) in [5.41, 5.74) is 1.74. The van der Waals surface area contributed by atoms with E-state index in [1.807, 2.05) is 38.1 Å². The van der Waals surface area contributed by atoms with Crippen LogP contribution in [0.15, 0.2) is 35.7 Å². The topological polar surface area (TPSA) is 73.1 Å².